The molecule has 1 aromatic carbocycles. The van der Waals surface area contributed by atoms with Crippen LogP contribution in [0.2, 0.25) is 0 Å². The summed E-state index contributed by atoms with van der Waals surface area (Å²) in [5, 5.41) is 10.8. The van der Waals surface area contributed by atoms with E-state index in [2.05, 4.69) is 27.8 Å². The maximum absolute atomic E-state index is 12.4. The minimum atomic E-state index is -0.107. The van der Waals surface area contributed by atoms with Crippen LogP contribution in [-0.4, -0.2) is 51.6 Å². The number of piperazine rings is 1. The normalized spacial score (nSPS) is 19.0. The summed E-state index contributed by atoms with van der Waals surface area (Å²) in [4.78, 5) is 14.3. The number of rotatable bonds is 2. The van der Waals surface area contributed by atoms with Crippen LogP contribution in [0.25, 0.3) is 0 Å². The monoisotopic (exact) mass is 271 g/mol. The van der Waals surface area contributed by atoms with Gasteiger partial charge in [0, 0.05) is 19.6 Å². The van der Waals surface area contributed by atoms with Crippen LogP contribution in [-0.2, 0) is 6.42 Å². The first-order chi connectivity index (χ1) is 9.84. The smallest absolute Gasteiger partial charge is 0.317 e. The number of carbonyl (C=O) groups excluding carboxylic acids is 1. The lowest BCUT2D eigenvalue weighted by atomic mass is 10.0. The van der Waals surface area contributed by atoms with Gasteiger partial charge >= 0.3 is 6.03 Å². The second-order valence-corrected chi connectivity index (χ2v) is 4.87. The molecule has 1 aliphatic heterocycles. The highest BCUT2D eigenvalue weighted by Crippen LogP contribution is 2.12. The SMILES string of the molecule is O=C(N1CCNCC1Cc1ccccc1)n1ccnn1. The van der Waals surface area contributed by atoms with E-state index in [-0.39, 0.29) is 12.1 Å². The van der Waals surface area contributed by atoms with E-state index in [0.29, 0.717) is 6.54 Å². The van der Waals surface area contributed by atoms with Crippen LogP contribution in [0.3, 0.4) is 0 Å². The van der Waals surface area contributed by atoms with E-state index in [0.717, 1.165) is 19.5 Å². The summed E-state index contributed by atoms with van der Waals surface area (Å²) in [5.74, 6) is 0. The van der Waals surface area contributed by atoms with E-state index < -0.39 is 0 Å². The van der Waals surface area contributed by atoms with E-state index in [4.69, 9.17) is 0 Å². The summed E-state index contributed by atoms with van der Waals surface area (Å²) < 4.78 is 1.29. The maximum atomic E-state index is 12.4. The van der Waals surface area contributed by atoms with Crippen molar-refractivity contribution in [2.24, 2.45) is 0 Å². The molecular weight excluding hydrogens is 254 g/mol. The molecule has 1 unspecified atom stereocenters. The van der Waals surface area contributed by atoms with E-state index in [1.165, 1.54) is 16.4 Å². The Balaban J connectivity index is 1.76. The number of benzene rings is 1. The molecule has 1 N–H and O–H groups in total. The molecule has 6 heteroatoms. The van der Waals surface area contributed by atoms with Gasteiger partial charge in [0.05, 0.1) is 18.4 Å². The fourth-order valence-corrected chi connectivity index (χ4v) is 2.52. The summed E-state index contributed by atoms with van der Waals surface area (Å²) in [5.41, 5.74) is 1.23. The molecule has 1 saturated heterocycles. The average Bonchev–Trinajstić information content (AvgIpc) is 3.02. The van der Waals surface area contributed by atoms with Crippen molar-refractivity contribution in [2.75, 3.05) is 19.6 Å². The van der Waals surface area contributed by atoms with Crippen molar-refractivity contribution < 1.29 is 4.79 Å². The first kappa shape index (κ1) is 12.8. The lowest BCUT2D eigenvalue weighted by Crippen LogP contribution is -2.55. The predicted molar refractivity (Wildman–Crippen MR) is 74.3 cm³/mol. The van der Waals surface area contributed by atoms with Crippen molar-refractivity contribution in [1.29, 1.82) is 0 Å². The third-order valence-corrected chi connectivity index (χ3v) is 3.53. The van der Waals surface area contributed by atoms with Gasteiger partial charge in [-0.3, -0.25) is 0 Å². The second kappa shape index (κ2) is 5.83. The van der Waals surface area contributed by atoms with Gasteiger partial charge in [-0.25, -0.2) is 4.79 Å². The van der Waals surface area contributed by atoms with Crippen LogP contribution in [0.5, 0.6) is 0 Å². The van der Waals surface area contributed by atoms with Gasteiger partial charge in [0.25, 0.3) is 0 Å². The summed E-state index contributed by atoms with van der Waals surface area (Å²) >= 11 is 0. The minimum Gasteiger partial charge on any atom is -0.317 e. The number of nitrogens with one attached hydrogen (secondary N) is 1. The Morgan fingerprint density at radius 3 is 2.95 bits per heavy atom. The molecule has 0 aliphatic carbocycles. The predicted octanol–water partition coefficient (Wildman–Crippen LogP) is 0.763. The Hall–Kier alpha value is -2.21. The fraction of sp³-hybridized carbons (Fsp3) is 0.357. The van der Waals surface area contributed by atoms with E-state index in [1.54, 1.807) is 6.20 Å². The molecule has 1 amide bonds. The Morgan fingerprint density at radius 2 is 2.20 bits per heavy atom. The molecule has 0 bridgehead atoms. The van der Waals surface area contributed by atoms with Crippen molar-refractivity contribution in [1.82, 2.24) is 25.2 Å². The highest BCUT2D eigenvalue weighted by atomic mass is 16.2. The molecule has 1 aliphatic rings. The van der Waals surface area contributed by atoms with Gasteiger partial charge in [-0.2, -0.15) is 4.68 Å². The van der Waals surface area contributed by atoms with Crippen LogP contribution < -0.4 is 5.32 Å². The van der Waals surface area contributed by atoms with Crippen molar-refractivity contribution in [2.45, 2.75) is 12.5 Å². The Bertz CT molecular complexity index is 554. The van der Waals surface area contributed by atoms with Gasteiger partial charge in [-0.15, -0.1) is 5.10 Å². The fourth-order valence-electron chi connectivity index (χ4n) is 2.52. The lowest BCUT2D eigenvalue weighted by Gasteiger charge is -2.35. The summed E-state index contributed by atoms with van der Waals surface area (Å²) in [6, 6.07) is 10.3. The molecule has 6 nitrogen and oxygen atoms in total. The van der Waals surface area contributed by atoms with Gasteiger partial charge in [0.2, 0.25) is 0 Å². The van der Waals surface area contributed by atoms with Gasteiger partial charge < -0.3 is 10.2 Å². The topological polar surface area (TPSA) is 63.1 Å². The summed E-state index contributed by atoms with van der Waals surface area (Å²) in [6.07, 6.45) is 3.95. The van der Waals surface area contributed by atoms with Crippen LogP contribution in [0, 0.1) is 0 Å². The number of amides is 1. The molecule has 1 fully saturated rings. The average molecular weight is 271 g/mol. The second-order valence-electron chi connectivity index (χ2n) is 4.87. The Morgan fingerprint density at radius 1 is 1.35 bits per heavy atom. The van der Waals surface area contributed by atoms with Gasteiger partial charge in [0.15, 0.2) is 0 Å². The number of hydrogen-bond donors (Lipinski definition) is 1. The number of nitrogens with zero attached hydrogens (tertiary/aromatic N) is 4. The quantitative estimate of drug-likeness (QED) is 0.876. The zero-order valence-electron chi connectivity index (χ0n) is 11.1. The summed E-state index contributed by atoms with van der Waals surface area (Å²) in [7, 11) is 0. The zero-order valence-corrected chi connectivity index (χ0v) is 11.1. The molecule has 2 aromatic rings. The number of carbonyl (C=O) groups is 1. The molecule has 0 spiro atoms. The maximum Gasteiger partial charge on any atom is 0.346 e. The van der Waals surface area contributed by atoms with E-state index in [1.807, 2.05) is 23.1 Å². The van der Waals surface area contributed by atoms with Crippen molar-refractivity contribution >= 4 is 6.03 Å². The van der Waals surface area contributed by atoms with Crippen molar-refractivity contribution in [3.8, 4) is 0 Å². The largest absolute Gasteiger partial charge is 0.346 e. The molecule has 1 atom stereocenters. The first-order valence-corrected chi connectivity index (χ1v) is 6.76. The highest BCUT2D eigenvalue weighted by Gasteiger charge is 2.27. The van der Waals surface area contributed by atoms with E-state index in [9.17, 15) is 4.79 Å². The molecule has 104 valence electrons. The standard InChI is InChI=1S/C14H17N5O/c20-14(19-9-7-16-17-19)18-8-6-15-11-13(18)10-12-4-2-1-3-5-12/h1-5,7,9,13,15H,6,8,10-11H2. The molecule has 20 heavy (non-hydrogen) atoms. The van der Waals surface area contributed by atoms with Crippen LogP contribution in [0.1, 0.15) is 5.56 Å². The zero-order chi connectivity index (χ0) is 13.8. The molecule has 3 rings (SSSR count). The summed E-state index contributed by atoms with van der Waals surface area (Å²) in [6.45, 7) is 2.30. The Kier molecular flexibility index (Phi) is 3.73. The third-order valence-electron chi connectivity index (χ3n) is 3.53. The number of aromatic nitrogens is 3. The third kappa shape index (κ3) is 2.70. The van der Waals surface area contributed by atoms with Crippen molar-refractivity contribution in [3.05, 3.63) is 48.3 Å². The van der Waals surface area contributed by atoms with E-state index >= 15 is 0 Å². The molecule has 0 radical (unpaired) electrons. The van der Waals surface area contributed by atoms with Gasteiger partial charge in [-0.05, 0) is 12.0 Å². The molecule has 0 saturated carbocycles. The molecule has 2 heterocycles. The van der Waals surface area contributed by atoms with Gasteiger partial charge in [-0.1, -0.05) is 35.5 Å². The minimum absolute atomic E-state index is 0.107. The van der Waals surface area contributed by atoms with Gasteiger partial charge in [0.1, 0.15) is 0 Å². The lowest BCUT2D eigenvalue weighted by molar-refractivity contribution is 0.156. The van der Waals surface area contributed by atoms with Crippen LogP contribution in [0.4, 0.5) is 4.79 Å². The number of hydrogen-bond acceptors (Lipinski definition) is 4. The molecular formula is C14H17N5O. The first-order valence-electron chi connectivity index (χ1n) is 6.76. The highest BCUT2D eigenvalue weighted by molar-refractivity contribution is 5.76. The van der Waals surface area contributed by atoms with Crippen molar-refractivity contribution in [3.63, 3.8) is 0 Å². The van der Waals surface area contributed by atoms with Crippen LogP contribution in [0.15, 0.2) is 42.7 Å². The Labute approximate surface area is 117 Å². The molecule has 1 aromatic heterocycles. The van der Waals surface area contributed by atoms with Crippen LogP contribution >= 0.6 is 0 Å².